The third-order valence-corrected chi connectivity index (χ3v) is 4.04. The highest BCUT2D eigenvalue weighted by molar-refractivity contribution is 5.79. The second-order valence-electron chi connectivity index (χ2n) is 6.11. The van der Waals surface area contributed by atoms with E-state index in [-0.39, 0.29) is 5.82 Å². The lowest BCUT2D eigenvalue weighted by molar-refractivity contribution is 0.546. The molecule has 2 heterocycles. The highest BCUT2D eigenvalue weighted by Crippen LogP contribution is 2.32. The summed E-state index contributed by atoms with van der Waals surface area (Å²) >= 11 is 0. The number of nitriles is 1. The van der Waals surface area contributed by atoms with Crippen LogP contribution in [0.5, 0.6) is 0 Å². The van der Waals surface area contributed by atoms with Gasteiger partial charge in [-0.3, -0.25) is 0 Å². The molecule has 0 saturated carbocycles. The summed E-state index contributed by atoms with van der Waals surface area (Å²) in [5, 5.41) is 9.48. The fourth-order valence-electron chi connectivity index (χ4n) is 2.66. The fourth-order valence-corrected chi connectivity index (χ4v) is 2.66. The first-order chi connectivity index (χ1) is 11.5. The second-order valence-corrected chi connectivity index (χ2v) is 6.11. The van der Waals surface area contributed by atoms with Crippen molar-refractivity contribution in [2.75, 3.05) is 5.73 Å². The van der Waals surface area contributed by atoms with E-state index in [0.29, 0.717) is 22.9 Å². The van der Waals surface area contributed by atoms with E-state index in [1.165, 1.54) is 5.56 Å². The van der Waals surface area contributed by atoms with Gasteiger partial charge >= 0.3 is 0 Å². The number of furan rings is 1. The van der Waals surface area contributed by atoms with Crippen molar-refractivity contribution in [1.82, 2.24) is 4.98 Å². The van der Waals surface area contributed by atoms with Crippen molar-refractivity contribution >= 4 is 5.82 Å². The van der Waals surface area contributed by atoms with Crippen LogP contribution in [0.1, 0.15) is 36.7 Å². The van der Waals surface area contributed by atoms with Crippen LogP contribution in [0.3, 0.4) is 0 Å². The molecule has 0 aliphatic carbocycles. The Kier molecular flexibility index (Phi) is 4.09. The molecular formula is C20H19N3O. The molecule has 0 bridgehead atoms. The van der Waals surface area contributed by atoms with E-state index < -0.39 is 0 Å². The zero-order valence-electron chi connectivity index (χ0n) is 14.0. The molecule has 120 valence electrons. The number of nitrogens with two attached hydrogens (primary N) is 1. The van der Waals surface area contributed by atoms with Crippen LogP contribution in [-0.4, -0.2) is 4.98 Å². The minimum Gasteiger partial charge on any atom is -0.460 e. The number of aryl methyl sites for hydroxylation is 1. The quantitative estimate of drug-likeness (QED) is 0.746. The SMILES string of the molecule is Cc1ccc(-c2cc(-c3ccc(C(C)C)cc3)c(C#N)c(N)n2)o1. The van der Waals surface area contributed by atoms with Crippen LogP contribution in [0.4, 0.5) is 5.82 Å². The molecule has 4 nitrogen and oxygen atoms in total. The number of anilines is 1. The van der Waals surface area contributed by atoms with Crippen molar-refractivity contribution in [1.29, 1.82) is 5.26 Å². The molecule has 0 radical (unpaired) electrons. The number of rotatable bonds is 3. The average Bonchev–Trinajstić information content (AvgIpc) is 3.00. The van der Waals surface area contributed by atoms with E-state index in [1.807, 2.05) is 37.3 Å². The number of hydrogen-bond donors (Lipinski definition) is 1. The van der Waals surface area contributed by atoms with Gasteiger partial charge in [-0.2, -0.15) is 5.26 Å². The third-order valence-electron chi connectivity index (χ3n) is 4.04. The normalized spacial score (nSPS) is 10.8. The van der Waals surface area contributed by atoms with Gasteiger partial charge in [0.05, 0.1) is 0 Å². The molecular weight excluding hydrogens is 298 g/mol. The molecule has 3 aromatic rings. The molecule has 2 N–H and O–H groups in total. The lowest BCUT2D eigenvalue weighted by atomic mass is 9.96. The predicted molar refractivity (Wildman–Crippen MR) is 95.3 cm³/mol. The van der Waals surface area contributed by atoms with Gasteiger partial charge in [0.1, 0.15) is 28.9 Å². The highest BCUT2D eigenvalue weighted by atomic mass is 16.3. The molecule has 2 aromatic heterocycles. The summed E-state index contributed by atoms with van der Waals surface area (Å²) < 4.78 is 5.64. The van der Waals surface area contributed by atoms with Crippen LogP contribution in [0.2, 0.25) is 0 Å². The van der Waals surface area contributed by atoms with E-state index in [4.69, 9.17) is 10.2 Å². The zero-order valence-corrected chi connectivity index (χ0v) is 14.0. The standard InChI is InChI=1S/C20H19N3O/c1-12(2)14-5-7-15(8-6-14)16-10-18(19-9-4-13(3)24-19)23-20(22)17(16)11-21/h4-10,12H,1-3H3,(H2,22,23). The molecule has 0 amide bonds. The molecule has 0 fully saturated rings. The number of nitrogen functional groups attached to an aromatic ring is 1. The van der Waals surface area contributed by atoms with Crippen molar-refractivity contribution in [2.45, 2.75) is 26.7 Å². The van der Waals surface area contributed by atoms with Crippen molar-refractivity contribution in [3.05, 3.63) is 59.4 Å². The molecule has 0 atom stereocenters. The van der Waals surface area contributed by atoms with Gasteiger partial charge in [-0.25, -0.2) is 4.98 Å². The number of hydrogen-bond acceptors (Lipinski definition) is 4. The summed E-state index contributed by atoms with van der Waals surface area (Å²) in [5.41, 5.74) is 9.99. The number of aromatic nitrogens is 1. The van der Waals surface area contributed by atoms with Gasteiger partial charge in [-0.15, -0.1) is 0 Å². The minimum absolute atomic E-state index is 0.215. The first kappa shape index (κ1) is 15.8. The summed E-state index contributed by atoms with van der Waals surface area (Å²) in [7, 11) is 0. The largest absolute Gasteiger partial charge is 0.460 e. The Morgan fingerprint density at radius 3 is 2.38 bits per heavy atom. The van der Waals surface area contributed by atoms with Crippen LogP contribution in [0.15, 0.2) is 46.9 Å². The highest BCUT2D eigenvalue weighted by Gasteiger charge is 2.15. The Morgan fingerprint density at radius 2 is 1.83 bits per heavy atom. The molecule has 0 spiro atoms. The molecule has 0 aliphatic rings. The first-order valence-electron chi connectivity index (χ1n) is 7.87. The minimum atomic E-state index is 0.215. The van der Waals surface area contributed by atoms with Gasteiger partial charge < -0.3 is 10.2 Å². The average molecular weight is 317 g/mol. The van der Waals surface area contributed by atoms with Crippen molar-refractivity contribution in [3.63, 3.8) is 0 Å². The van der Waals surface area contributed by atoms with Crippen LogP contribution in [0.25, 0.3) is 22.6 Å². The molecule has 4 heteroatoms. The van der Waals surface area contributed by atoms with Gasteiger partial charge in [0.15, 0.2) is 5.76 Å². The summed E-state index contributed by atoms with van der Waals surface area (Å²) in [4.78, 5) is 4.32. The van der Waals surface area contributed by atoms with Crippen LogP contribution in [0, 0.1) is 18.3 Å². The van der Waals surface area contributed by atoms with E-state index in [0.717, 1.165) is 16.9 Å². The molecule has 0 saturated heterocycles. The Morgan fingerprint density at radius 1 is 1.12 bits per heavy atom. The Hall–Kier alpha value is -3.06. The third kappa shape index (κ3) is 2.89. The summed E-state index contributed by atoms with van der Waals surface area (Å²) in [5.74, 6) is 2.12. The Bertz CT molecular complexity index is 915. The lowest BCUT2D eigenvalue weighted by Crippen LogP contribution is -1.99. The second kappa shape index (κ2) is 6.21. The monoisotopic (exact) mass is 317 g/mol. The van der Waals surface area contributed by atoms with Gasteiger partial charge in [-0.05, 0) is 42.2 Å². The Labute approximate surface area is 141 Å². The molecule has 0 aliphatic heterocycles. The molecule has 0 unspecified atom stereocenters. The van der Waals surface area contributed by atoms with Crippen molar-refractivity contribution in [2.24, 2.45) is 0 Å². The fraction of sp³-hybridized carbons (Fsp3) is 0.200. The molecule has 1 aromatic carbocycles. The summed E-state index contributed by atoms with van der Waals surface area (Å²) in [6, 6.07) is 15.9. The smallest absolute Gasteiger partial charge is 0.152 e. The summed E-state index contributed by atoms with van der Waals surface area (Å²) in [6.45, 7) is 6.18. The van der Waals surface area contributed by atoms with Gasteiger partial charge in [0.25, 0.3) is 0 Å². The van der Waals surface area contributed by atoms with Gasteiger partial charge in [-0.1, -0.05) is 38.1 Å². The maximum absolute atomic E-state index is 9.48. The van der Waals surface area contributed by atoms with Crippen molar-refractivity contribution < 1.29 is 4.42 Å². The number of nitrogens with zero attached hydrogens (tertiary/aromatic N) is 2. The Balaban J connectivity index is 2.15. The van der Waals surface area contributed by atoms with Crippen LogP contribution >= 0.6 is 0 Å². The van der Waals surface area contributed by atoms with E-state index >= 15 is 0 Å². The number of benzene rings is 1. The maximum atomic E-state index is 9.48. The van der Waals surface area contributed by atoms with Crippen LogP contribution < -0.4 is 5.73 Å². The van der Waals surface area contributed by atoms with E-state index in [1.54, 1.807) is 0 Å². The molecule has 24 heavy (non-hydrogen) atoms. The van der Waals surface area contributed by atoms with Gasteiger partial charge in [0.2, 0.25) is 0 Å². The van der Waals surface area contributed by atoms with Crippen LogP contribution in [-0.2, 0) is 0 Å². The predicted octanol–water partition coefficient (Wildman–Crippen LogP) is 4.89. The first-order valence-corrected chi connectivity index (χ1v) is 7.87. The van der Waals surface area contributed by atoms with E-state index in [2.05, 4.69) is 37.0 Å². The van der Waals surface area contributed by atoms with Gasteiger partial charge in [0, 0.05) is 5.56 Å². The van der Waals surface area contributed by atoms with E-state index in [9.17, 15) is 5.26 Å². The molecule has 3 rings (SSSR count). The topological polar surface area (TPSA) is 75.8 Å². The van der Waals surface area contributed by atoms with Crippen molar-refractivity contribution in [3.8, 4) is 28.7 Å². The lowest BCUT2D eigenvalue weighted by Gasteiger charge is -2.11. The summed E-state index contributed by atoms with van der Waals surface area (Å²) in [6.07, 6.45) is 0. The number of pyridine rings is 1. The zero-order chi connectivity index (χ0) is 17.3. The maximum Gasteiger partial charge on any atom is 0.152 e.